The van der Waals surface area contributed by atoms with Crippen molar-refractivity contribution in [3.8, 4) is 11.3 Å². The van der Waals surface area contributed by atoms with Crippen LogP contribution in [-0.2, 0) is 22.4 Å². The van der Waals surface area contributed by atoms with E-state index < -0.39 is 0 Å². The van der Waals surface area contributed by atoms with Crippen molar-refractivity contribution >= 4 is 22.8 Å². The maximum atomic E-state index is 12.3. The number of carbonyl (C=O) groups is 2. The maximum absolute atomic E-state index is 12.3. The Labute approximate surface area is 151 Å². The second-order valence-electron chi connectivity index (χ2n) is 6.45. The van der Waals surface area contributed by atoms with Gasteiger partial charge < -0.3 is 15.0 Å². The van der Waals surface area contributed by atoms with Crippen LogP contribution in [0.5, 0.6) is 0 Å². The number of esters is 1. The molecule has 0 saturated heterocycles. The Bertz CT molecular complexity index is 1000. The van der Waals surface area contributed by atoms with E-state index in [1.165, 1.54) is 7.11 Å². The van der Waals surface area contributed by atoms with Crippen molar-refractivity contribution in [3.05, 3.63) is 59.2 Å². The Kier molecular flexibility index (Phi) is 4.21. The normalized spacial score (nSPS) is 13.3. The van der Waals surface area contributed by atoms with Gasteiger partial charge in [-0.05, 0) is 36.1 Å². The number of ether oxygens (including phenoxy) is 1. The zero-order valence-electron chi connectivity index (χ0n) is 14.6. The number of aryl methyl sites for hydroxylation is 1. The number of benzene rings is 2. The minimum absolute atomic E-state index is 0.0288. The zero-order chi connectivity index (χ0) is 18.1. The Morgan fingerprint density at radius 1 is 1.12 bits per heavy atom. The smallest absolute Gasteiger partial charge is 0.305 e. The lowest BCUT2D eigenvalue weighted by Gasteiger charge is -2.10. The summed E-state index contributed by atoms with van der Waals surface area (Å²) in [5.74, 6) is -0.245. The predicted octanol–water partition coefficient (Wildman–Crippen LogP) is 3.23. The highest BCUT2D eigenvalue weighted by atomic mass is 16.5. The molecule has 0 unspecified atom stereocenters. The number of hydrogen-bond acceptors (Lipinski definition) is 3. The van der Waals surface area contributed by atoms with Gasteiger partial charge in [-0.15, -0.1) is 0 Å². The number of aromatic nitrogens is 1. The number of carbonyl (C=O) groups excluding carboxylic acids is 2. The summed E-state index contributed by atoms with van der Waals surface area (Å²) in [4.78, 5) is 27.4. The molecule has 2 heterocycles. The number of nitrogens with one attached hydrogen (secondary N) is 2. The molecule has 1 aliphatic heterocycles. The van der Waals surface area contributed by atoms with Crippen LogP contribution in [0.15, 0.2) is 42.5 Å². The standard InChI is InChI=1S/C21H20N2O3/c1-26-18(24)10-9-13-5-2-3-6-14(13)20-15-11-12-22-21(25)16-7-4-8-17(23-20)19(15)16/h2-8,23H,9-12H2,1H3,(H,22,25). The molecule has 0 aliphatic carbocycles. The number of H-pyrrole nitrogens is 1. The van der Waals surface area contributed by atoms with E-state index in [1.54, 1.807) is 0 Å². The fourth-order valence-electron chi connectivity index (χ4n) is 3.70. The third kappa shape index (κ3) is 2.75. The second-order valence-corrected chi connectivity index (χ2v) is 6.45. The lowest BCUT2D eigenvalue weighted by atomic mass is 9.95. The first-order chi connectivity index (χ1) is 12.7. The summed E-state index contributed by atoms with van der Waals surface area (Å²) in [6.45, 7) is 0.609. The number of amides is 1. The molecule has 2 aromatic carbocycles. The quantitative estimate of drug-likeness (QED) is 0.711. The molecule has 1 aromatic heterocycles. The number of hydrogen-bond donors (Lipinski definition) is 2. The topological polar surface area (TPSA) is 71.2 Å². The molecule has 0 bridgehead atoms. The number of rotatable bonds is 4. The van der Waals surface area contributed by atoms with E-state index in [0.29, 0.717) is 24.9 Å². The molecule has 3 aromatic rings. The number of methoxy groups -OCH3 is 1. The van der Waals surface area contributed by atoms with Crippen molar-refractivity contribution in [3.63, 3.8) is 0 Å². The molecule has 1 amide bonds. The van der Waals surface area contributed by atoms with Gasteiger partial charge in [-0.2, -0.15) is 0 Å². The summed E-state index contributed by atoms with van der Waals surface area (Å²) in [6.07, 6.45) is 1.72. The molecule has 26 heavy (non-hydrogen) atoms. The van der Waals surface area contributed by atoms with E-state index in [0.717, 1.165) is 39.7 Å². The lowest BCUT2D eigenvalue weighted by molar-refractivity contribution is -0.140. The molecule has 5 nitrogen and oxygen atoms in total. The van der Waals surface area contributed by atoms with E-state index >= 15 is 0 Å². The molecule has 2 N–H and O–H groups in total. The summed E-state index contributed by atoms with van der Waals surface area (Å²) in [6, 6.07) is 13.8. The van der Waals surface area contributed by atoms with Crippen LogP contribution in [0.25, 0.3) is 22.2 Å². The monoisotopic (exact) mass is 348 g/mol. The average Bonchev–Trinajstić information content (AvgIpc) is 2.95. The third-order valence-corrected chi connectivity index (χ3v) is 4.95. The Morgan fingerprint density at radius 3 is 2.77 bits per heavy atom. The van der Waals surface area contributed by atoms with Crippen molar-refractivity contribution in [1.29, 1.82) is 0 Å². The van der Waals surface area contributed by atoms with Crippen LogP contribution < -0.4 is 5.32 Å². The van der Waals surface area contributed by atoms with Crippen LogP contribution in [0.2, 0.25) is 0 Å². The van der Waals surface area contributed by atoms with Crippen molar-refractivity contribution in [2.24, 2.45) is 0 Å². The Balaban J connectivity index is 1.86. The molecule has 4 rings (SSSR count). The highest BCUT2D eigenvalue weighted by Crippen LogP contribution is 2.35. The van der Waals surface area contributed by atoms with Crippen LogP contribution in [0.3, 0.4) is 0 Å². The van der Waals surface area contributed by atoms with E-state index in [9.17, 15) is 9.59 Å². The van der Waals surface area contributed by atoms with Crippen LogP contribution >= 0.6 is 0 Å². The van der Waals surface area contributed by atoms with Gasteiger partial charge in [0.15, 0.2) is 0 Å². The average molecular weight is 348 g/mol. The van der Waals surface area contributed by atoms with Gasteiger partial charge >= 0.3 is 5.97 Å². The van der Waals surface area contributed by atoms with Gasteiger partial charge in [0.1, 0.15) is 0 Å². The van der Waals surface area contributed by atoms with Gasteiger partial charge in [-0.25, -0.2) is 0 Å². The molecule has 0 fully saturated rings. The molecular weight excluding hydrogens is 328 g/mol. The summed E-state index contributed by atoms with van der Waals surface area (Å²) in [7, 11) is 1.41. The minimum atomic E-state index is -0.216. The Hall–Kier alpha value is -3.08. The highest BCUT2D eigenvalue weighted by Gasteiger charge is 2.23. The molecule has 5 heteroatoms. The fourth-order valence-corrected chi connectivity index (χ4v) is 3.70. The van der Waals surface area contributed by atoms with Crippen LogP contribution in [-0.4, -0.2) is 30.5 Å². The fraction of sp³-hybridized carbons (Fsp3) is 0.238. The summed E-state index contributed by atoms with van der Waals surface area (Å²) in [5, 5.41) is 3.96. The van der Waals surface area contributed by atoms with Crippen molar-refractivity contribution in [2.75, 3.05) is 13.7 Å². The van der Waals surface area contributed by atoms with Crippen LogP contribution in [0, 0.1) is 0 Å². The van der Waals surface area contributed by atoms with Gasteiger partial charge in [0.2, 0.25) is 0 Å². The van der Waals surface area contributed by atoms with Gasteiger partial charge in [-0.1, -0.05) is 30.3 Å². The van der Waals surface area contributed by atoms with Gasteiger partial charge in [0, 0.05) is 35.0 Å². The van der Waals surface area contributed by atoms with Gasteiger partial charge in [-0.3, -0.25) is 9.59 Å². The largest absolute Gasteiger partial charge is 0.469 e. The van der Waals surface area contributed by atoms with E-state index in [1.807, 2.05) is 36.4 Å². The first kappa shape index (κ1) is 16.4. The Morgan fingerprint density at radius 2 is 1.92 bits per heavy atom. The van der Waals surface area contributed by atoms with Crippen molar-refractivity contribution in [1.82, 2.24) is 10.3 Å². The molecule has 0 spiro atoms. The molecule has 1 aliphatic rings. The minimum Gasteiger partial charge on any atom is -0.469 e. The predicted molar refractivity (Wildman–Crippen MR) is 100 cm³/mol. The van der Waals surface area contributed by atoms with Crippen LogP contribution in [0.1, 0.15) is 27.9 Å². The van der Waals surface area contributed by atoms with Crippen molar-refractivity contribution < 1.29 is 14.3 Å². The van der Waals surface area contributed by atoms with E-state index in [2.05, 4.69) is 16.4 Å². The SMILES string of the molecule is COC(=O)CCc1ccccc1-c1[nH]c2cccc3c2c1CCNC3=O. The summed E-state index contributed by atoms with van der Waals surface area (Å²) < 4.78 is 4.77. The zero-order valence-corrected chi connectivity index (χ0v) is 14.6. The summed E-state index contributed by atoms with van der Waals surface area (Å²) in [5.41, 5.74) is 6.02. The molecule has 0 saturated carbocycles. The van der Waals surface area contributed by atoms with Crippen molar-refractivity contribution in [2.45, 2.75) is 19.3 Å². The number of aromatic amines is 1. The van der Waals surface area contributed by atoms with E-state index in [-0.39, 0.29) is 11.9 Å². The summed E-state index contributed by atoms with van der Waals surface area (Å²) >= 11 is 0. The third-order valence-electron chi connectivity index (χ3n) is 4.95. The van der Waals surface area contributed by atoms with Crippen LogP contribution in [0.4, 0.5) is 0 Å². The molecule has 0 radical (unpaired) electrons. The first-order valence-electron chi connectivity index (χ1n) is 8.76. The highest BCUT2D eigenvalue weighted by molar-refractivity contribution is 6.10. The van der Waals surface area contributed by atoms with E-state index in [4.69, 9.17) is 4.74 Å². The van der Waals surface area contributed by atoms with Gasteiger partial charge in [0.25, 0.3) is 5.91 Å². The first-order valence-corrected chi connectivity index (χ1v) is 8.76. The van der Waals surface area contributed by atoms with Gasteiger partial charge in [0.05, 0.1) is 12.8 Å². The second kappa shape index (κ2) is 6.67. The molecule has 0 atom stereocenters. The molecular formula is C21H20N2O3. The lowest BCUT2D eigenvalue weighted by Crippen LogP contribution is -2.23. The maximum Gasteiger partial charge on any atom is 0.305 e. The molecule has 132 valence electrons.